The largest absolute Gasteiger partial charge is 0.361 e. The molecule has 3 heteroatoms. The van der Waals surface area contributed by atoms with Crippen LogP contribution in [0.1, 0.15) is 11.1 Å². The molecule has 0 amide bonds. The van der Waals surface area contributed by atoms with Crippen LogP contribution in [0.4, 0.5) is 0 Å². The molecule has 2 heterocycles. The molecule has 0 spiro atoms. The van der Waals surface area contributed by atoms with Crippen LogP contribution in [0.3, 0.4) is 0 Å². The van der Waals surface area contributed by atoms with E-state index in [-0.39, 0.29) is 0 Å². The van der Waals surface area contributed by atoms with Gasteiger partial charge in [-0.2, -0.15) is 0 Å². The Kier molecular flexibility index (Phi) is 3.35. The minimum atomic E-state index is 1.13. The van der Waals surface area contributed by atoms with Gasteiger partial charge in [-0.25, -0.2) is 0 Å². The normalized spacial score (nSPS) is 17.4. The van der Waals surface area contributed by atoms with Gasteiger partial charge in [0.1, 0.15) is 0 Å². The Balaban J connectivity index is 1.68. The molecule has 1 aromatic carbocycles. The monoisotopic (exact) mass is 243 g/mol. The number of aryl methyl sites for hydroxylation is 1. The van der Waals surface area contributed by atoms with Crippen LogP contribution < -0.4 is 5.32 Å². The molecule has 1 saturated heterocycles. The molecule has 18 heavy (non-hydrogen) atoms. The summed E-state index contributed by atoms with van der Waals surface area (Å²) in [5, 5.41) is 4.76. The molecule has 0 aliphatic carbocycles. The molecular weight excluding hydrogens is 222 g/mol. The third kappa shape index (κ3) is 2.42. The number of aromatic amines is 1. The second kappa shape index (κ2) is 5.12. The number of hydrogen-bond donors (Lipinski definition) is 2. The standard InChI is InChI=1S/C15H21N3/c1-12-11-17-15-3-2-13(10-14(12)15)4-7-18-8-5-16-6-9-18/h2-3,10-11,16-17H,4-9H2,1H3. The van der Waals surface area contributed by atoms with Crippen molar-refractivity contribution < 1.29 is 0 Å². The molecule has 1 aliphatic heterocycles. The molecule has 0 bridgehead atoms. The molecule has 1 aromatic heterocycles. The SMILES string of the molecule is Cc1c[nH]c2ccc(CCN3CCNCC3)cc12. The molecule has 1 fully saturated rings. The fraction of sp³-hybridized carbons (Fsp3) is 0.467. The van der Waals surface area contributed by atoms with Crippen LogP contribution in [-0.2, 0) is 6.42 Å². The summed E-state index contributed by atoms with van der Waals surface area (Å²) in [6.07, 6.45) is 3.24. The summed E-state index contributed by atoms with van der Waals surface area (Å²) >= 11 is 0. The molecule has 1 aliphatic rings. The molecule has 96 valence electrons. The van der Waals surface area contributed by atoms with Crippen LogP contribution in [-0.4, -0.2) is 42.6 Å². The van der Waals surface area contributed by atoms with Crippen molar-refractivity contribution in [2.45, 2.75) is 13.3 Å². The molecule has 0 unspecified atom stereocenters. The molecule has 0 radical (unpaired) electrons. The highest BCUT2D eigenvalue weighted by molar-refractivity contribution is 5.83. The average Bonchev–Trinajstić information content (AvgIpc) is 2.79. The summed E-state index contributed by atoms with van der Waals surface area (Å²) in [5.41, 5.74) is 4.04. The van der Waals surface area contributed by atoms with E-state index in [1.165, 1.54) is 41.7 Å². The Morgan fingerprint density at radius 3 is 2.89 bits per heavy atom. The van der Waals surface area contributed by atoms with E-state index >= 15 is 0 Å². The van der Waals surface area contributed by atoms with E-state index in [0.717, 1.165) is 19.5 Å². The van der Waals surface area contributed by atoms with Crippen LogP contribution >= 0.6 is 0 Å². The molecule has 2 aromatic rings. The first kappa shape index (κ1) is 11.8. The summed E-state index contributed by atoms with van der Waals surface area (Å²) in [5.74, 6) is 0. The molecule has 3 rings (SSSR count). The predicted molar refractivity (Wildman–Crippen MR) is 76.0 cm³/mol. The fourth-order valence-corrected chi connectivity index (χ4v) is 2.68. The zero-order valence-electron chi connectivity index (χ0n) is 11.0. The highest BCUT2D eigenvalue weighted by Crippen LogP contribution is 2.19. The lowest BCUT2D eigenvalue weighted by Gasteiger charge is -2.27. The number of H-pyrrole nitrogens is 1. The summed E-state index contributed by atoms with van der Waals surface area (Å²) < 4.78 is 0. The van der Waals surface area contributed by atoms with Gasteiger partial charge in [0.05, 0.1) is 0 Å². The number of hydrogen-bond acceptors (Lipinski definition) is 2. The maximum atomic E-state index is 3.40. The summed E-state index contributed by atoms with van der Waals surface area (Å²) in [6, 6.07) is 6.79. The van der Waals surface area contributed by atoms with Crippen LogP contribution in [0.25, 0.3) is 10.9 Å². The summed E-state index contributed by atoms with van der Waals surface area (Å²) in [4.78, 5) is 5.85. The minimum Gasteiger partial charge on any atom is -0.361 e. The number of rotatable bonds is 3. The van der Waals surface area contributed by atoms with Crippen molar-refractivity contribution >= 4 is 10.9 Å². The van der Waals surface area contributed by atoms with Gasteiger partial charge in [-0.15, -0.1) is 0 Å². The van der Waals surface area contributed by atoms with E-state index in [1.54, 1.807) is 0 Å². The Hall–Kier alpha value is -1.32. The van der Waals surface area contributed by atoms with Gasteiger partial charge < -0.3 is 15.2 Å². The van der Waals surface area contributed by atoms with Crippen molar-refractivity contribution in [2.75, 3.05) is 32.7 Å². The summed E-state index contributed by atoms with van der Waals surface area (Å²) in [6.45, 7) is 7.98. The van der Waals surface area contributed by atoms with Gasteiger partial charge in [0.15, 0.2) is 0 Å². The smallest absolute Gasteiger partial charge is 0.0456 e. The number of aromatic nitrogens is 1. The maximum absolute atomic E-state index is 3.40. The molecule has 2 N–H and O–H groups in total. The van der Waals surface area contributed by atoms with Gasteiger partial charge in [-0.05, 0) is 36.6 Å². The van der Waals surface area contributed by atoms with Crippen LogP contribution in [0.2, 0.25) is 0 Å². The van der Waals surface area contributed by atoms with Crippen molar-refractivity contribution in [1.82, 2.24) is 15.2 Å². The van der Waals surface area contributed by atoms with Crippen LogP contribution in [0.15, 0.2) is 24.4 Å². The maximum Gasteiger partial charge on any atom is 0.0456 e. The van der Waals surface area contributed by atoms with Gasteiger partial charge in [-0.1, -0.05) is 6.07 Å². The van der Waals surface area contributed by atoms with Gasteiger partial charge in [0.25, 0.3) is 0 Å². The van der Waals surface area contributed by atoms with Crippen LogP contribution in [0, 0.1) is 6.92 Å². The topological polar surface area (TPSA) is 31.1 Å². The third-order valence-corrected chi connectivity index (χ3v) is 3.88. The lowest BCUT2D eigenvalue weighted by Crippen LogP contribution is -2.44. The Bertz CT molecular complexity index is 524. The van der Waals surface area contributed by atoms with Crippen molar-refractivity contribution in [1.29, 1.82) is 0 Å². The van der Waals surface area contributed by atoms with Crippen molar-refractivity contribution in [2.24, 2.45) is 0 Å². The number of piperazine rings is 1. The second-order valence-corrected chi connectivity index (χ2v) is 5.19. The van der Waals surface area contributed by atoms with Crippen molar-refractivity contribution in [3.05, 3.63) is 35.5 Å². The first-order chi connectivity index (χ1) is 8.83. The quantitative estimate of drug-likeness (QED) is 0.863. The van der Waals surface area contributed by atoms with Gasteiger partial charge in [-0.3, -0.25) is 0 Å². The van der Waals surface area contributed by atoms with Gasteiger partial charge in [0.2, 0.25) is 0 Å². The van der Waals surface area contributed by atoms with E-state index < -0.39 is 0 Å². The summed E-state index contributed by atoms with van der Waals surface area (Å²) in [7, 11) is 0. The van der Waals surface area contributed by atoms with Gasteiger partial charge in [0, 0.05) is 49.8 Å². The first-order valence-electron chi connectivity index (χ1n) is 6.82. The average molecular weight is 243 g/mol. The second-order valence-electron chi connectivity index (χ2n) is 5.19. The van der Waals surface area contributed by atoms with Crippen molar-refractivity contribution in [3.8, 4) is 0 Å². The third-order valence-electron chi connectivity index (χ3n) is 3.88. The van der Waals surface area contributed by atoms with E-state index in [1.807, 2.05) is 0 Å². The lowest BCUT2D eigenvalue weighted by atomic mass is 10.1. The zero-order chi connectivity index (χ0) is 12.4. The Labute approximate surface area is 108 Å². The number of nitrogens with zero attached hydrogens (tertiary/aromatic N) is 1. The molecule has 3 nitrogen and oxygen atoms in total. The van der Waals surface area contributed by atoms with Crippen LogP contribution in [0.5, 0.6) is 0 Å². The Morgan fingerprint density at radius 2 is 2.06 bits per heavy atom. The van der Waals surface area contributed by atoms with E-state index in [0.29, 0.717) is 0 Å². The highest BCUT2D eigenvalue weighted by Gasteiger charge is 2.09. The number of benzene rings is 1. The van der Waals surface area contributed by atoms with Crippen molar-refractivity contribution in [3.63, 3.8) is 0 Å². The first-order valence-corrected chi connectivity index (χ1v) is 6.82. The Morgan fingerprint density at radius 1 is 1.22 bits per heavy atom. The highest BCUT2D eigenvalue weighted by atomic mass is 15.2. The molecule has 0 atom stereocenters. The number of fused-ring (bicyclic) bond motifs is 1. The van der Waals surface area contributed by atoms with Gasteiger partial charge >= 0.3 is 0 Å². The number of nitrogens with one attached hydrogen (secondary N) is 2. The molecular formula is C15H21N3. The van der Waals surface area contributed by atoms with E-state index in [2.05, 4.69) is 46.5 Å². The molecule has 0 saturated carbocycles. The van der Waals surface area contributed by atoms with E-state index in [9.17, 15) is 0 Å². The van der Waals surface area contributed by atoms with E-state index in [4.69, 9.17) is 0 Å². The fourth-order valence-electron chi connectivity index (χ4n) is 2.68. The lowest BCUT2D eigenvalue weighted by molar-refractivity contribution is 0.244. The predicted octanol–water partition coefficient (Wildman–Crippen LogP) is 1.92. The minimum absolute atomic E-state index is 1.13. The zero-order valence-corrected chi connectivity index (χ0v) is 11.0.